The summed E-state index contributed by atoms with van der Waals surface area (Å²) in [4.78, 5) is 37.2. The lowest BCUT2D eigenvalue weighted by Gasteiger charge is -2.14. The normalized spacial score (nSPS) is 14.8. The van der Waals surface area contributed by atoms with Crippen LogP contribution in [0, 0.1) is 17.0 Å². The van der Waals surface area contributed by atoms with Crippen molar-refractivity contribution in [3.8, 4) is 17.2 Å². The number of halogens is 3. The number of thioether (sulfide) groups is 1. The van der Waals surface area contributed by atoms with Crippen molar-refractivity contribution in [2.75, 3.05) is 7.11 Å². The maximum atomic E-state index is 13.0. The summed E-state index contributed by atoms with van der Waals surface area (Å²) in [5.41, 5.74) is 0.210. The van der Waals surface area contributed by atoms with Crippen LogP contribution in [0.25, 0.3) is 6.08 Å². The molecule has 196 valence electrons. The van der Waals surface area contributed by atoms with E-state index in [-0.39, 0.29) is 22.9 Å². The molecule has 4 rings (SSSR count). The molecule has 0 aliphatic carbocycles. The SMILES string of the molecule is COc1cc(/C=C2\SC(=O)N(Cc3ccccc3C)C2=O)ccc1Oc1ccc(C(F)(F)F)cc1[N+](=O)[O-]. The van der Waals surface area contributed by atoms with Gasteiger partial charge in [-0.05, 0) is 65.7 Å². The number of nitro groups is 1. The van der Waals surface area contributed by atoms with E-state index < -0.39 is 39.2 Å². The summed E-state index contributed by atoms with van der Waals surface area (Å²) >= 11 is 0.790. The smallest absolute Gasteiger partial charge is 0.416 e. The van der Waals surface area contributed by atoms with Crippen molar-refractivity contribution >= 4 is 34.7 Å². The zero-order valence-corrected chi connectivity index (χ0v) is 20.8. The number of amides is 2. The number of hydrogen-bond acceptors (Lipinski definition) is 7. The summed E-state index contributed by atoms with van der Waals surface area (Å²) in [6, 6.07) is 13.7. The molecule has 0 N–H and O–H groups in total. The van der Waals surface area contributed by atoms with Crippen LogP contribution in [0.5, 0.6) is 17.2 Å². The Morgan fingerprint density at radius 2 is 1.74 bits per heavy atom. The van der Waals surface area contributed by atoms with Gasteiger partial charge in [-0.3, -0.25) is 24.6 Å². The molecule has 1 fully saturated rings. The molecule has 1 aliphatic heterocycles. The van der Waals surface area contributed by atoms with Crippen molar-refractivity contribution in [3.63, 3.8) is 0 Å². The maximum absolute atomic E-state index is 13.0. The number of alkyl halides is 3. The third kappa shape index (κ3) is 5.65. The van der Waals surface area contributed by atoms with Crippen LogP contribution in [0.2, 0.25) is 0 Å². The molecule has 0 unspecified atom stereocenters. The van der Waals surface area contributed by atoms with Crippen molar-refractivity contribution in [3.05, 3.63) is 97.9 Å². The molecule has 1 heterocycles. The molecule has 3 aromatic rings. The second-order valence-corrected chi connectivity index (χ2v) is 9.14. The van der Waals surface area contributed by atoms with Crippen molar-refractivity contribution in [2.45, 2.75) is 19.6 Å². The highest BCUT2D eigenvalue weighted by Gasteiger charge is 2.36. The highest BCUT2D eigenvalue weighted by molar-refractivity contribution is 8.18. The summed E-state index contributed by atoms with van der Waals surface area (Å²) in [7, 11) is 1.31. The predicted molar refractivity (Wildman–Crippen MR) is 134 cm³/mol. The summed E-state index contributed by atoms with van der Waals surface area (Å²) in [6.45, 7) is 2.02. The Labute approximate surface area is 218 Å². The quantitative estimate of drug-likeness (QED) is 0.180. The van der Waals surface area contributed by atoms with Gasteiger partial charge < -0.3 is 9.47 Å². The third-order valence-corrected chi connectivity index (χ3v) is 6.56. The van der Waals surface area contributed by atoms with Crippen molar-refractivity contribution in [1.29, 1.82) is 0 Å². The molecule has 0 bridgehead atoms. The van der Waals surface area contributed by atoms with E-state index in [4.69, 9.17) is 9.47 Å². The number of benzene rings is 3. The first-order valence-electron chi connectivity index (χ1n) is 11.0. The molecule has 2 amide bonds. The van der Waals surface area contributed by atoms with Gasteiger partial charge in [0.25, 0.3) is 11.1 Å². The van der Waals surface area contributed by atoms with Crippen LogP contribution < -0.4 is 9.47 Å². The van der Waals surface area contributed by atoms with E-state index in [1.165, 1.54) is 31.4 Å². The number of methoxy groups -OCH3 is 1. The number of nitro benzene ring substituents is 1. The summed E-state index contributed by atoms with van der Waals surface area (Å²) in [5.74, 6) is -0.762. The number of imide groups is 1. The zero-order chi connectivity index (χ0) is 27.6. The fraction of sp³-hybridized carbons (Fsp3) is 0.154. The predicted octanol–water partition coefficient (Wildman–Crippen LogP) is 6.96. The van der Waals surface area contributed by atoms with Gasteiger partial charge in [-0.2, -0.15) is 13.2 Å². The first kappa shape index (κ1) is 26.7. The van der Waals surface area contributed by atoms with Crippen LogP contribution in [0.3, 0.4) is 0 Å². The number of hydrogen-bond donors (Lipinski definition) is 0. The van der Waals surface area contributed by atoms with Gasteiger partial charge >= 0.3 is 11.9 Å². The Kier molecular flexibility index (Phi) is 7.44. The molecule has 8 nitrogen and oxygen atoms in total. The second-order valence-electron chi connectivity index (χ2n) is 8.14. The van der Waals surface area contributed by atoms with Gasteiger partial charge in [0.15, 0.2) is 11.5 Å². The Morgan fingerprint density at radius 1 is 1.03 bits per heavy atom. The van der Waals surface area contributed by atoms with E-state index >= 15 is 0 Å². The Hall–Kier alpha value is -4.32. The first-order chi connectivity index (χ1) is 18.0. The van der Waals surface area contributed by atoms with Gasteiger partial charge in [0.05, 0.1) is 29.0 Å². The van der Waals surface area contributed by atoms with Gasteiger partial charge in [-0.15, -0.1) is 0 Å². The monoisotopic (exact) mass is 544 g/mol. The highest BCUT2D eigenvalue weighted by Crippen LogP contribution is 2.41. The Balaban J connectivity index is 1.58. The number of rotatable bonds is 7. The molecule has 12 heteroatoms. The van der Waals surface area contributed by atoms with Crippen LogP contribution in [-0.4, -0.2) is 28.1 Å². The van der Waals surface area contributed by atoms with Crippen LogP contribution in [0.4, 0.5) is 23.7 Å². The topological polar surface area (TPSA) is 99.0 Å². The molecular formula is C26H19F3N2O6S. The molecule has 38 heavy (non-hydrogen) atoms. The standard InChI is InChI=1S/C26H19F3N2O6S/c1-15-5-3-4-6-17(15)14-30-24(32)23(38-25(30)33)12-16-7-9-21(22(11-16)36-2)37-20-10-8-18(26(27,28)29)13-19(20)31(34)35/h3-13H,14H2,1-2H3/b23-12-. The molecule has 0 aromatic heterocycles. The number of nitrogens with zero attached hydrogens (tertiary/aromatic N) is 2. The molecule has 0 radical (unpaired) electrons. The summed E-state index contributed by atoms with van der Waals surface area (Å²) in [6.07, 6.45) is -3.27. The highest BCUT2D eigenvalue weighted by atomic mass is 32.2. The molecule has 3 aromatic carbocycles. The zero-order valence-electron chi connectivity index (χ0n) is 19.9. The number of carbonyl (C=O) groups is 2. The van der Waals surface area contributed by atoms with Gasteiger partial charge in [0.2, 0.25) is 5.75 Å². The van der Waals surface area contributed by atoms with E-state index in [9.17, 15) is 32.9 Å². The van der Waals surface area contributed by atoms with E-state index in [2.05, 4.69) is 0 Å². The molecular weight excluding hydrogens is 525 g/mol. The number of carbonyl (C=O) groups excluding carboxylic acids is 2. The fourth-order valence-corrected chi connectivity index (χ4v) is 4.48. The van der Waals surface area contributed by atoms with Crippen LogP contribution in [0.1, 0.15) is 22.3 Å². The van der Waals surface area contributed by atoms with Crippen molar-refractivity contribution < 1.29 is 37.2 Å². The lowest BCUT2D eigenvalue weighted by atomic mass is 10.1. The first-order valence-corrected chi connectivity index (χ1v) is 11.8. The van der Waals surface area contributed by atoms with E-state index in [0.29, 0.717) is 17.7 Å². The van der Waals surface area contributed by atoms with Gasteiger partial charge in [-0.1, -0.05) is 30.3 Å². The van der Waals surface area contributed by atoms with E-state index in [1.807, 2.05) is 31.2 Å². The minimum absolute atomic E-state index is 0.000154. The maximum Gasteiger partial charge on any atom is 0.416 e. The number of ether oxygens (including phenoxy) is 2. The average molecular weight is 545 g/mol. The summed E-state index contributed by atoms with van der Waals surface area (Å²) in [5, 5.41) is 11.0. The van der Waals surface area contributed by atoms with Crippen LogP contribution in [-0.2, 0) is 17.5 Å². The van der Waals surface area contributed by atoms with E-state index in [1.54, 1.807) is 0 Å². The third-order valence-electron chi connectivity index (χ3n) is 5.65. The second kappa shape index (κ2) is 10.6. The average Bonchev–Trinajstić information content (AvgIpc) is 3.12. The van der Waals surface area contributed by atoms with Gasteiger partial charge in [0.1, 0.15) is 0 Å². The molecule has 1 aliphatic rings. The minimum atomic E-state index is -4.76. The number of aryl methyl sites for hydroxylation is 1. The van der Waals surface area contributed by atoms with Gasteiger partial charge in [0, 0.05) is 6.07 Å². The largest absolute Gasteiger partial charge is 0.493 e. The molecule has 0 atom stereocenters. The molecule has 0 saturated carbocycles. The van der Waals surface area contributed by atoms with E-state index in [0.717, 1.165) is 33.9 Å². The molecule has 1 saturated heterocycles. The lowest BCUT2D eigenvalue weighted by Crippen LogP contribution is -2.27. The fourth-order valence-electron chi connectivity index (χ4n) is 3.64. The van der Waals surface area contributed by atoms with Crippen molar-refractivity contribution in [1.82, 2.24) is 4.90 Å². The van der Waals surface area contributed by atoms with Crippen LogP contribution in [0.15, 0.2) is 65.6 Å². The van der Waals surface area contributed by atoms with Crippen molar-refractivity contribution in [2.24, 2.45) is 0 Å². The Bertz CT molecular complexity index is 1470. The minimum Gasteiger partial charge on any atom is -0.493 e. The lowest BCUT2D eigenvalue weighted by molar-refractivity contribution is -0.385. The summed E-state index contributed by atoms with van der Waals surface area (Å²) < 4.78 is 49.8. The van der Waals surface area contributed by atoms with Crippen LogP contribution >= 0.6 is 11.8 Å². The van der Waals surface area contributed by atoms with Gasteiger partial charge in [-0.25, -0.2) is 0 Å². The Morgan fingerprint density at radius 3 is 2.39 bits per heavy atom. The molecule has 0 spiro atoms.